The van der Waals surface area contributed by atoms with Gasteiger partial charge in [0.1, 0.15) is 16.6 Å². The first-order valence-electron chi connectivity index (χ1n) is 11.4. The zero-order valence-corrected chi connectivity index (χ0v) is 20.1. The number of ether oxygens (including phenoxy) is 2. The van der Waals surface area contributed by atoms with Crippen LogP contribution in [-0.2, 0) is 4.74 Å². The van der Waals surface area contributed by atoms with Crippen molar-refractivity contribution in [1.82, 2.24) is 15.2 Å². The highest BCUT2D eigenvalue weighted by Gasteiger charge is 2.28. The number of rotatable bonds is 6. The maximum atomic E-state index is 12.4. The second kappa shape index (κ2) is 10.2. The van der Waals surface area contributed by atoms with Gasteiger partial charge < -0.3 is 19.7 Å². The molecule has 1 aromatic heterocycles. The van der Waals surface area contributed by atoms with E-state index in [4.69, 9.17) is 9.47 Å². The van der Waals surface area contributed by atoms with Crippen LogP contribution in [0.1, 0.15) is 38.2 Å². The molecule has 2 saturated heterocycles. The van der Waals surface area contributed by atoms with Gasteiger partial charge in [-0.25, -0.2) is 9.78 Å². The van der Waals surface area contributed by atoms with Crippen LogP contribution in [0.4, 0.5) is 10.6 Å². The van der Waals surface area contributed by atoms with Crippen LogP contribution in [0.25, 0.3) is 10.6 Å². The summed E-state index contributed by atoms with van der Waals surface area (Å²) in [6.07, 6.45) is 4.18. The van der Waals surface area contributed by atoms with Crippen LogP contribution in [0, 0.1) is 12.3 Å². The molecule has 2 aliphatic rings. The van der Waals surface area contributed by atoms with E-state index in [1.807, 2.05) is 17.5 Å². The summed E-state index contributed by atoms with van der Waals surface area (Å²) in [7, 11) is 2.09. The van der Waals surface area contributed by atoms with E-state index in [1.165, 1.54) is 11.3 Å². The van der Waals surface area contributed by atoms with Crippen molar-refractivity contribution < 1.29 is 14.3 Å². The number of nitrogens with one attached hydrogen (secondary N) is 2. The first-order chi connectivity index (χ1) is 15.4. The molecule has 2 aliphatic heterocycles. The number of anilines is 1. The molecule has 7 nitrogen and oxygen atoms in total. The molecule has 4 rings (SSSR count). The first kappa shape index (κ1) is 23.0. The Morgan fingerprint density at radius 2 is 2.19 bits per heavy atom. The molecule has 1 unspecified atom stereocenters. The summed E-state index contributed by atoms with van der Waals surface area (Å²) in [5.74, 6) is 1.49. The summed E-state index contributed by atoms with van der Waals surface area (Å²) in [5, 5.41) is 8.69. The van der Waals surface area contributed by atoms with Gasteiger partial charge in [0.05, 0.1) is 6.61 Å². The van der Waals surface area contributed by atoms with Crippen LogP contribution >= 0.6 is 11.3 Å². The summed E-state index contributed by atoms with van der Waals surface area (Å²) >= 11 is 1.52. The quantitative estimate of drug-likeness (QED) is 0.665. The molecular weight excluding hydrogens is 424 g/mol. The zero-order chi connectivity index (χ0) is 22.6. The molecule has 0 spiro atoms. The maximum Gasteiger partial charge on any atom is 0.320 e. The number of likely N-dealkylation sites (N-methyl/N-ethyl adjacent to an activating group) is 1. The van der Waals surface area contributed by atoms with E-state index in [1.54, 1.807) is 0 Å². The molecule has 2 N–H and O–H groups in total. The lowest BCUT2D eigenvalue weighted by Crippen LogP contribution is -2.47. The van der Waals surface area contributed by atoms with Crippen molar-refractivity contribution in [2.75, 3.05) is 45.3 Å². The highest BCUT2D eigenvalue weighted by molar-refractivity contribution is 7.13. The Balaban J connectivity index is 1.33. The third kappa shape index (κ3) is 5.99. The minimum atomic E-state index is -0.191. The van der Waals surface area contributed by atoms with Crippen molar-refractivity contribution in [2.45, 2.75) is 45.6 Å². The van der Waals surface area contributed by atoms with Crippen LogP contribution in [-0.4, -0.2) is 61.9 Å². The third-order valence-corrected chi connectivity index (χ3v) is 7.29. The van der Waals surface area contributed by atoms with Crippen molar-refractivity contribution in [1.29, 1.82) is 0 Å². The Labute approximate surface area is 194 Å². The molecule has 0 saturated carbocycles. The maximum absolute atomic E-state index is 12.4. The van der Waals surface area contributed by atoms with E-state index < -0.39 is 0 Å². The lowest BCUT2D eigenvalue weighted by atomic mass is 9.83. The number of amides is 2. The Morgan fingerprint density at radius 1 is 1.38 bits per heavy atom. The summed E-state index contributed by atoms with van der Waals surface area (Å²) < 4.78 is 11.6. The number of carbonyl (C=O) groups excluding carboxylic acids is 1. The number of aromatic nitrogens is 1. The molecule has 2 amide bonds. The summed E-state index contributed by atoms with van der Waals surface area (Å²) in [4.78, 5) is 19.2. The lowest BCUT2D eigenvalue weighted by Gasteiger charge is -2.33. The number of hydrogen-bond acceptors (Lipinski definition) is 6. The van der Waals surface area contributed by atoms with E-state index in [2.05, 4.69) is 47.5 Å². The van der Waals surface area contributed by atoms with Gasteiger partial charge in [0, 0.05) is 42.2 Å². The van der Waals surface area contributed by atoms with Crippen LogP contribution in [0.3, 0.4) is 0 Å². The smallest absolute Gasteiger partial charge is 0.320 e. The highest BCUT2D eigenvalue weighted by atomic mass is 32.1. The van der Waals surface area contributed by atoms with Crippen LogP contribution < -0.4 is 15.4 Å². The van der Waals surface area contributed by atoms with Crippen LogP contribution in [0.5, 0.6) is 5.75 Å². The second-order valence-corrected chi connectivity index (χ2v) is 10.3. The number of piperidine rings is 1. The number of aryl methyl sites for hydroxylation is 1. The largest absolute Gasteiger partial charge is 0.493 e. The fraction of sp³-hybridized carbons (Fsp3) is 0.583. The predicted molar refractivity (Wildman–Crippen MR) is 129 cm³/mol. The molecule has 3 heterocycles. The van der Waals surface area contributed by atoms with Gasteiger partial charge in [0.25, 0.3) is 0 Å². The van der Waals surface area contributed by atoms with Gasteiger partial charge in [-0.1, -0.05) is 6.92 Å². The summed E-state index contributed by atoms with van der Waals surface area (Å²) in [6, 6.07) is 6.15. The number of likely N-dealkylation sites (tertiary alicyclic amines) is 1. The summed E-state index contributed by atoms with van der Waals surface area (Å²) in [6.45, 7) is 8.64. The van der Waals surface area contributed by atoms with Crippen LogP contribution in [0.2, 0.25) is 0 Å². The Bertz CT molecular complexity index is 926. The van der Waals surface area contributed by atoms with Crippen molar-refractivity contribution in [3.63, 3.8) is 0 Å². The zero-order valence-electron chi connectivity index (χ0n) is 19.3. The molecule has 1 atom stereocenters. The minimum Gasteiger partial charge on any atom is -0.493 e. The minimum absolute atomic E-state index is 0.173. The van der Waals surface area contributed by atoms with E-state index in [0.717, 1.165) is 73.9 Å². The van der Waals surface area contributed by atoms with E-state index in [-0.39, 0.29) is 17.5 Å². The van der Waals surface area contributed by atoms with E-state index in [0.29, 0.717) is 12.4 Å². The SMILES string of the molecule is Cc1cc(-c2nc(NC(=O)NC3CCCN(C)C3)cs2)ccc1OCC1(C)CCOCC1. The topological polar surface area (TPSA) is 75.7 Å². The number of thiazole rings is 1. The normalized spacial score (nSPS) is 21.2. The fourth-order valence-electron chi connectivity index (χ4n) is 4.29. The molecule has 32 heavy (non-hydrogen) atoms. The Morgan fingerprint density at radius 3 is 2.94 bits per heavy atom. The van der Waals surface area contributed by atoms with E-state index in [9.17, 15) is 4.79 Å². The average Bonchev–Trinajstić information content (AvgIpc) is 3.21. The van der Waals surface area contributed by atoms with Gasteiger partial charge >= 0.3 is 6.03 Å². The number of hydrogen-bond donors (Lipinski definition) is 2. The number of benzene rings is 1. The first-order valence-corrected chi connectivity index (χ1v) is 12.3. The number of nitrogens with zero attached hydrogens (tertiary/aromatic N) is 2. The van der Waals surface area contributed by atoms with Gasteiger partial charge in [-0.2, -0.15) is 0 Å². The van der Waals surface area contributed by atoms with Gasteiger partial charge in [-0.3, -0.25) is 5.32 Å². The predicted octanol–water partition coefficient (Wildman–Crippen LogP) is 4.53. The van der Waals surface area contributed by atoms with Gasteiger partial charge in [-0.15, -0.1) is 11.3 Å². The highest BCUT2D eigenvalue weighted by Crippen LogP contribution is 2.33. The molecule has 174 valence electrons. The molecule has 0 radical (unpaired) electrons. The molecule has 8 heteroatoms. The van der Waals surface area contributed by atoms with Crippen molar-refractivity contribution >= 4 is 23.2 Å². The van der Waals surface area contributed by atoms with Crippen LogP contribution in [0.15, 0.2) is 23.6 Å². The lowest BCUT2D eigenvalue weighted by molar-refractivity contribution is 0.000201. The van der Waals surface area contributed by atoms with Gasteiger partial charge in [0.15, 0.2) is 0 Å². The summed E-state index contributed by atoms with van der Waals surface area (Å²) in [5.41, 5.74) is 2.29. The molecule has 2 aromatic rings. The average molecular weight is 459 g/mol. The van der Waals surface area contributed by atoms with Crippen molar-refractivity contribution in [2.24, 2.45) is 5.41 Å². The Hall–Kier alpha value is -2.16. The van der Waals surface area contributed by atoms with Gasteiger partial charge in [0.2, 0.25) is 0 Å². The number of urea groups is 1. The molecule has 2 fully saturated rings. The molecular formula is C24H34N4O3S. The molecule has 1 aromatic carbocycles. The Kier molecular flexibility index (Phi) is 7.33. The molecule has 0 bridgehead atoms. The monoisotopic (exact) mass is 458 g/mol. The second-order valence-electron chi connectivity index (χ2n) is 9.43. The fourth-order valence-corrected chi connectivity index (χ4v) is 5.04. The number of carbonyl (C=O) groups is 1. The standard InChI is InChI=1S/C24H34N4O3S/c1-17-13-18(6-7-20(17)31-16-24(2)8-11-30-12-9-24)22-26-21(15-32-22)27-23(29)25-19-5-4-10-28(3)14-19/h6-7,13,15,19H,4-5,8-12,14,16H2,1-3H3,(H2,25,27,29). The van der Waals surface area contributed by atoms with E-state index >= 15 is 0 Å². The molecule has 0 aliphatic carbocycles. The van der Waals surface area contributed by atoms with Crippen molar-refractivity contribution in [3.8, 4) is 16.3 Å². The third-order valence-electron chi connectivity index (χ3n) is 6.40. The van der Waals surface area contributed by atoms with Crippen molar-refractivity contribution in [3.05, 3.63) is 29.1 Å². The van der Waals surface area contributed by atoms with Gasteiger partial charge in [-0.05, 0) is 70.0 Å².